The first-order chi connectivity index (χ1) is 9.06. The van der Waals surface area contributed by atoms with Crippen LogP contribution in [0.25, 0.3) is 0 Å². The van der Waals surface area contributed by atoms with Crippen molar-refractivity contribution >= 4 is 5.97 Å². The molecule has 0 saturated carbocycles. The van der Waals surface area contributed by atoms with Crippen LogP contribution in [0.3, 0.4) is 0 Å². The molecule has 0 aromatic heterocycles. The monoisotopic (exact) mass is 263 g/mol. The predicted molar refractivity (Wildman–Crippen MR) is 73.1 cm³/mol. The molecule has 0 bridgehead atoms. The molecule has 1 aliphatic heterocycles. The number of rotatable bonds is 5. The summed E-state index contributed by atoms with van der Waals surface area (Å²) in [5.41, 5.74) is 2.49. The van der Waals surface area contributed by atoms with Gasteiger partial charge >= 0.3 is 5.97 Å². The molecular formula is C15H21NO3. The van der Waals surface area contributed by atoms with Gasteiger partial charge in [0.05, 0.1) is 6.10 Å². The minimum atomic E-state index is -0.853. The largest absolute Gasteiger partial charge is 0.479 e. The van der Waals surface area contributed by atoms with E-state index in [1.54, 1.807) is 0 Å². The highest BCUT2D eigenvalue weighted by molar-refractivity contribution is 5.72. The van der Waals surface area contributed by atoms with E-state index in [0.29, 0.717) is 13.0 Å². The zero-order valence-corrected chi connectivity index (χ0v) is 11.4. The smallest absolute Gasteiger partial charge is 0.332 e. The summed E-state index contributed by atoms with van der Waals surface area (Å²) in [6.45, 7) is 4.88. The fourth-order valence-corrected chi connectivity index (χ4v) is 2.40. The van der Waals surface area contributed by atoms with Crippen molar-refractivity contribution < 1.29 is 14.6 Å². The van der Waals surface area contributed by atoms with E-state index in [2.05, 4.69) is 43.4 Å². The van der Waals surface area contributed by atoms with Gasteiger partial charge in [-0.3, -0.25) is 0 Å². The number of aliphatic carboxylic acids is 1. The molecule has 3 atom stereocenters. The molecule has 1 aromatic rings. The number of benzene rings is 1. The third-order valence-corrected chi connectivity index (χ3v) is 3.58. The number of carboxylic acid groups (broad SMARTS) is 1. The highest BCUT2D eigenvalue weighted by atomic mass is 16.5. The van der Waals surface area contributed by atoms with Crippen LogP contribution in [0, 0.1) is 6.92 Å². The number of nitrogens with one attached hydrogen (secondary N) is 1. The average Bonchev–Trinajstić information content (AvgIpc) is 2.85. The van der Waals surface area contributed by atoms with Crippen molar-refractivity contribution in [2.45, 2.75) is 44.9 Å². The SMILES string of the molecule is Cc1cccc([C@H](C)NCC2CCC(C(=O)O)O2)c1. The van der Waals surface area contributed by atoms with Gasteiger partial charge in [0.15, 0.2) is 6.10 Å². The molecule has 1 heterocycles. The van der Waals surface area contributed by atoms with Crippen molar-refractivity contribution in [3.05, 3.63) is 35.4 Å². The maximum Gasteiger partial charge on any atom is 0.332 e. The molecule has 4 nitrogen and oxygen atoms in total. The number of ether oxygens (including phenoxy) is 1. The van der Waals surface area contributed by atoms with E-state index in [1.165, 1.54) is 11.1 Å². The lowest BCUT2D eigenvalue weighted by molar-refractivity contribution is -0.149. The van der Waals surface area contributed by atoms with Crippen molar-refractivity contribution in [1.29, 1.82) is 0 Å². The quantitative estimate of drug-likeness (QED) is 0.855. The highest BCUT2D eigenvalue weighted by Gasteiger charge is 2.30. The summed E-state index contributed by atoms with van der Waals surface area (Å²) in [7, 11) is 0. The molecule has 0 aliphatic carbocycles. The molecular weight excluding hydrogens is 242 g/mol. The van der Waals surface area contributed by atoms with Crippen molar-refractivity contribution in [3.63, 3.8) is 0 Å². The van der Waals surface area contributed by atoms with Gasteiger partial charge in [0.1, 0.15) is 0 Å². The van der Waals surface area contributed by atoms with Crippen LogP contribution in [0.1, 0.15) is 36.9 Å². The Kier molecular flexibility index (Phi) is 4.56. The zero-order valence-electron chi connectivity index (χ0n) is 11.4. The fraction of sp³-hybridized carbons (Fsp3) is 0.533. The van der Waals surface area contributed by atoms with Crippen LogP contribution in [0.15, 0.2) is 24.3 Å². The van der Waals surface area contributed by atoms with Gasteiger partial charge in [-0.05, 0) is 32.3 Å². The molecule has 104 valence electrons. The van der Waals surface area contributed by atoms with E-state index in [1.807, 2.05) is 0 Å². The lowest BCUT2D eigenvalue weighted by Crippen LogP contribution is -2.30. The second-order valence-corrected chi connectivity index (χ2v) is 5.21. The number of hydrogen-bond acceptors (Lipinski definition) is 3. The average molecular weight is 263 g/mol. The van der Waals surface area contributed by atoms with E-state index < -0.39 is 12.1 Å². The van der Waals surface area contributed by atoms with Crippen molar-refractivity contribution in [2.75, 3.05) is 6.54 Å². The molecule has 1 aromatic carbocycles. The summed E-state index contributed by atoms with van der Waals surface area (Å²) in [6, 6.07) is 8.63. The minimum Gasteiger partial charge on any atom is -0.479 e. The van der Waals surface area contributed by atoms with Crippen LogP contribution in [0.4, 0.5) is 0 Å². The van der Waals surface area contributed by atoms with E-state index in [9.17, 15) is 4.79 Å². The number of carbonyl (C=O) groups is 1. The summed E-state index contributed by atoms with van der Waals surface area (Å²) in [4.78, 5) is 10.8. The topological polar surface area (TPSA) is 58.6 Å². The molecule has 2 unspecified atom stereocenters. The molecule has 19 heavy (non-hydrogen) atoms. The van der Waals surface area contributed by atoms with Gasteiger partial charge in [-0.1, -0.05) is 29.8 Å². The van der Waals surface area contributed by atoms with Gasteiger partial charge in [0, 0.05) is 12.6 Å². The Balaban J connectivity index is 1.81. The second kappa shape index (κ2) is 6.17. The van der Waals surface area contributed by atoms with Crippen LogP contribution in [-0.4, -0.2) is 29.8 Å². The van der Waals surface area contributed by atoms with Crippen molar-refractivity contribution in [2.24, 2.45) is 0 Å². The highest BCUT2D eigenvalue weighted by Crippen LogP contribution is 2.20. The summed E-state index contributed by atoms with van der Waals surface area (Å²) >= 11 is 0. The Morgan fingerprint density at radius 3 is 2.95 bits per heavy atom. The van der Waals surface area contributed by atoms with Crippen LogP contribution in [-0.2, 0) is 9.53 Å². The number of carboxylic acids is 1. The lowest BCUT2D eigenvalue weighted by atomic mass is 10.1. The summed E-state index contributed by atoms with van der Waals surface area (Å²) in [5, 5.41) is 12.3. The van der Waals surface area contributed by atoms with E-state index >= 15 is 0 Å². The maximum absolute atomic E-state index is 10.8. The van der Waals surface area contributed by atoms with E-state index in [-0.39, 0.29) is 12.1 Å². The maximum atomic E-state index is 10.8. The van der Waals surface area contributed by atoms with E-state index in [4.69, 9.17) is 9.84 Å². The lowest BCUT2D eigenvalue weighted by Gasteiger charge is -2.18. The normalized spacial score (nSPS) is 24.3. The fourth-order valence-electron chi connectivity index (χ4n) is 2.40. The third kappa shape index (κ3) is 3.78. The van der Waals surface area contributed by atoms with Crippen LogP contribution in [0.2, 0.25) is 0 Å². The van der Waals surface area contributed by atoms with Crippen LogP contribution < -0.4 is 5.32 Å². The first-order valence-corrected chi connectivity index (χ1v) is 6.74. The molecule has 0 radical (unpaired) electrons. The zero-order chi connectivity index (χ0) is 13.8. The van der Waals surface area contributed by atoms with Gasteiger partial charge in [0.2, 0.25) is 0 Å². The molecule has 0 amide bonds. The molecule has 4 heteroatoms. The number of aryl methyl sites for hydroxylation is 1. The van der Waals surface area contributed by atoms with Gasteiger partial charge in [-0.2, -0.15) is 0 Å². The summed E-state index contributed by atoms with van der Waals surface area (Å²) < 4.78 is 5.47. The van der Waals surface area contributed by atoms with Gasteiger partial charge in [-0.15, -0.1) is 0 Å². The summed E-state index contributed by atoms with van der Waals surface area (Å²) in [5.74, 6) is -0.853. The summed E-state index contributed by atoms with van der Waals surface area (Å²) in [6.07, 6.45) is 0.805. The molecule has 2 N–H and O–H groups in total. The predicted octanol–water partition coefficient (Wildman–Crippen LogP) is 2.28. The number of hydrogen-bond donors (Lipinski definition) is 2. The molecule has 1 saturated heterocycles. The Morgan fingerprint density at radius 1 is 1.53 bits per heavy atom. The minimum absolute atomic E-state index is 0.00774. The van der Waals surface area contributed by atoms with Gasteiger partial charge < -0.3 is 15.2 Å². The Bertz CT molecular complexity index is 447. The van der Waals surface area contributed by atoms with Gasteiger partial charge in [0.25, 0.3) is 0 Å². The second-order valence-electron chi connectivity index (χ2n) is 5.21. The molecule has 0 spiro atoms. The van der Waals surface area contributed by atoms with E-state index in [0.717, 1.165) is 6.42 Å². The van der Waals surface area contributed by atoms with Gasteiger partial charge in [-0.25, -0.2) is 4.79 Å². The molecule has 2 rings (SSSR count). The van der Waals surface area contributed by atoms with Crippen LogP contribution in [0.5, 0.6) is 0 Å². The molecule has 1 fully saturated rings. The first-order valence-electron chi connectivity index (χ1n) is 6.74. The first kappa shape index (κ1) is 14.0. The van der Waals surface area contributed by atoms with Crippen LogP contribution >= 0.6 is 0 Å². The van der Waals surface area contributed by atoms with Crippen molar-refractivity contribution in [3.8, 4) is 0 Å². The molecule has 1 aliphatic rings. The third-order valence-electron chi connectivity index (χ3n) is 3.58. The standard InChI is InChI=1S/C15H21NO3/c1-10-4-3-5-12(8-10)11(2)16-9-13-6-7-14(19-13)15(17)18/h3-5,8,11,13-14,16H,6-7,9H2,1-2H3,(H,17,18)/t11-,13?,14?/m0/s1. The Labute approximate surface area is 113 Å². The Hall–Kier alpha value is -1.39. The Morgan fingerprint density at radius 2 is 2.32 bits per heavy atom. The van der Waals surface area contributed by atoms with Crippen molar-refractivity contribution in [1.82, 2.24) is 5.32 Å².